The minimum atomic E-state index is -0.285. The zero-order chi connectivity index (χ0) is 26.0. The molecule has 6 heteroatoms. The lowest BCUT2D eigenvalue weighted by molar-refractivity contribution is -0.0348. The maximum absolute atomic E-state index is 13.0. The molecule has 3 fully saturated rings. The van der Waals surface area contributed by atoms with E-state index in [1.807, 2.05) is 12.1 Å². The maximum Gasteiger partial charge on any atom is 0.407 e. The normalized spacial score (nSPS) is 25.4. The maximum atomic E-state index is 13.0. The summed E-state index contributed by atoms with van der Waals surface area (Å²) < 4.78 is 17.9. The van der Waals surface area contributed by atoms with Gasteiger partial charge < -0.3 is 19.5 Å². The number of carbonyl (C=O) groups is 1. The first-order valence-corrected chi connectivity index (χ1v) is 14.1. The number of hydrogen-bond donors (Lipinski definition) is 1. The third-order valence-corrected chi connectivity index (χ3v) is 8.20. The van der Waals surface area contributed by atoms with E-state index in [9.17, 15) is 4.79 Å². The Labute approximate surface area is 221 Å². The van der Waals surface area contributed by atoms with Crippen molar-refractivity contribution in [2.45, 2.75) is 71.9 Å². The molecular weight excluding hydrogens is 464 g/mol. The van der Waals surface area contributed by atoms with Crippen LogP contribution in [0.4, 0.5) is 4.79 Å². The molecule has 2 atom stereocenters. The zero-order valence-corrected chi connectivity index (χ0v) is 22.8. The van der Waals surface area contributed by atoms with Gasteiger partial charge in [0.1, 0.15) is 17.6 Å². The van der Waals surface area contributed by atoms with Gasteiger partial charge in [-0.3, -0.25) is 4.90 Å². The van der Waals surface area contributed by atoms with Crippen molar-refractivity contribution in [1.82, 2.24) is 10.2 Å². The molecule has 1 unspecified atom stereocenters. The first-order valence-electron chi connectivity index (χ1n) is 14.1. The lowest BCUT2D eigenvalue weighted by Crippen LogP contribution is -2.53. The molecule has 3 saturated heterocycles. The van der Waals surface area contributed by atoms with E-state index in [-0.39, 0.29) is 23.7 Å². The predicted molar refractivity (Wildman–Crippen MR) is 146 cm³/mol. The van der Waals surface area contributed by atoms with Gasteiger partial charge in [-0.1, -0.05) is 45.9 Å². The van der Waals surface area contributed by atoms with E-state index >= 15 is 0 Å². The highest BCUT2D eigenvalue weighted by Gasteiger charge is 2.42. The molecular formula is C31H42N2O4. The van der Waals surface area contributed by atoms with Crippen molar-refractivity contribution in [1.29, 1.82) is 0 Å². The Morgan fingerprint density at radius 2 is 1.78 bits per heavy atom. The minimum absolute atomic E-state index is 0.0136. The summed E-state index contributed by atoms with van der Waals surface area (Å²) in [5.41, 5.74) is 4.53. The van der Waals surface area contributed by atoms with E-state index in [2.05, 4.69) is 62.2 Å². The summed E-state index contributed by atoms with van der Waals surface area (Å²) >= 11 is 0. The molecule has 6 nitrogen and oxygen atoms in total. The van der Waals surface area contributed by atoms with Gasteiger partial charge in [0.15, 0.2) is 0 Å². The molecule has 0 aromatic heterocycles. The number of hydrogen-bond acceptors (Lipinski definition) is 5. The second-order valence-electron chi connectivity index (χ2n) is 11.6. The average molecular weight is 507 g/mol. The van der Waals surface area contributed by atoms with E-state index in [1.165, 1.54) is 11.1 Å². The fraction of sp³-hybridized carbons (Fsp3) is 0.581. The van der Waals surface area contributed by atoms with E-state index in [0.29, 0.717) is 19.1 Å². The summed E-state index contributed by atoms with van der Waals surface area (Å²) in [6.45, 7) is 13.2. The highest BCUT2D eigenvalue weighted by molar-refractivity contribution is 5.74. The molecule has 2 bridgehead atoms. The van der Waals surface area contributed by atoms with Crippen LogP contribution < -0.4 is 14.8 Å². The van der Waals surface area contributed by atoms with E-state index in [1.54, 1.807) is 0 Å². The molecule has 37 heavy (non-hydrogen) atoms. The van der Waals surface area contributed by atoms with Gasteiger partial charge in [-0.25, -0.2) is 4.79 Å². The van der Waals surface area contributed by atoms with Crippen molar-refractivity contribution in [2.24, 2.45) is 11.3 Å². The molecule has 6 rings (SSSR count). The molecule has 2 aromatic rings. The van der Waals surface area contributed by atoms with E-state index < -0.39 is 0 Å². The number of fused-ring (bicyclic) bond motifs is 4. The summed E-state index contributed by atoms with van der Waals surface area (Å²) in [5.74, 6) is 2.19. The van der Waals surface area contributed by atoms with Crippen molar-refractivity contribution >= 4 is 6.09 Å². The van der Waals surface area contributed by atoms with Crippen LogP contribution in [0.1, 0.15) is 70.5 Å². The van der Waals surface area contributed by atoms with Crippen LogP contribution >= 0.6 is 0 Å². The predicted octanol–water partition coefficient (Wildman–Crippen LogP) is 6.38. The van der Waals surface area contributed by atoms with Crippen molar-refractivity contribution in [3.8, 4) is 22.6 Å². The summed E-state index contributed by atoms with van der Waals surface area (Å²) in [4.78, 5) is 15.4. The average Bonchev–Trinajstić information content (AvgIpc) is 3.15. The molecule has 0 spiro atoms. The molecule has 200 valence electrons. The van der Waals surface area contributed by atoms with Gasteiger partial charge in [0, 0.05) is 18.2 Å². The van der Waals surface area contributed by atoms with Crippen LogP contribution in [0.2, 0.25) is 0 Å². The second-order valence-corrected chi connectivity index (χ2v) is 11.6. The van der Waals surface area contributed by atoms with E-state index in [4.69, 9.17) is 14.2 Å². The fourth-order valence-electron chi connectivity index (χ4n) is 6.21. The summed E-state index contributed by atoms with van der Waals surface area (Å²) in [6.07, 6.45) is 4.80. The van der Waals surface area contributed by atoms with Crippen molar-refractivity contribution < 1.29 is 19.0 Å². The molecule has 3 heterocycles. The number of nitrogens with zero attached hydrogens (tertiary/aromatic N) is 1. The lowest BCUT2D eigenvalue weighted by atomic mass is 9.85. The molecule has 0 saturated carbocycles. The van der Waals surface area contributed by atoms with Crippen molar-refractivity contribution in [2.75, 3.05) is 32.8 Å². The van der Waals surface area contributed by atoms with Crippen LogP contribution in [0, 0.1) is 11.3 Å². The van der Waals surface area contributed by atoms with Gasteiger partial charge in [-0.15, -0.1) is 0 Å². The van der Waals surface area contributed by atoms with Gasteiger partial charge in [0.2, 0.25) is 0 Å². The van der Waals surface area contributed by atoms with E-state index in [0.717, 1.165) is 74.4 Å². The Kier molecular flexibility index (Phi) is 7.66. The highest BCUT2D eigenvalue weighted by Crippen LogP contribution is 2.47. The van der Waals surface area contributed by atoms with Gasteiger partial charge in [-0.2, -0.15) is 0 Å². The van der Waals surface area contributed by atoms with Gasteiger partial charge in [0.25, 0.3) is 0 Å². The van der Waals surface area contributed by atoms with Gasteiger partial charge in [0.05, 0.1) is 19.3 Å². The number of ether oxygens (including phenoxy) is 3. The van der Waals surface area contributed by atoms with Crippen LogP contribution in [0.3, 0.4) is 0 Å². The molecule has 1 amide bonds. The van der Waals surface area contributed by atoms with Crippen LogP contribution in [-0.4, -0.2) is 49.9 Å². The fourth-order valence-corrected chi connectivity index (χ4v) is 6.21. The summed E-state index contributed by atoms with van der Waals surface area (Å²) in [5, 5.41) is 3.24. The summed E-state index contributed by atoms with van der Waals surface area (Å²) in [7, 11) is 0. The van der Waals surface area contributed by atoms with Gasteiger partial charge in [-0.05, 0) is 85.3 Å². The third-order valence-electron chi connectivity index (χ3n) is 8.20. The molecule has 0 radical (unpaired) electrons. The number of piperidine rings is 3. The van der Waals surface area contributed by atoms with Crippen LogP contribution in [-0.2, 0) is 11.2 Å². The molecule has 4 aliphatic rings. The first-order chi connectivity index (χ1) is 17.9. The van der Waals surface area contributed by atoms with Crippen molar-refractivity contribution in [3.63, 3.8) is 0 Å². The second kappa shape index (κ2) is 10.9. The third kappa shape index (κ3) is 5.59. The quantitative estimate of drug-likeness (QED) is 0.428. The lowest BCUT2D eigenvalue weighted by Gasteiger charge is -2.44. The molecule has 2 aromatic carbocycles. The smallest absolute Gasteiger partial charge is 0.407 e. The van der Waals surface area contributed by atoms with Crippen LogP contribution in [0.15, 0.2) is 36.4 Å². The number of rotatable bonds is 9. The minimum Gasteiger partial charge on any atom is -0.493 e. The zero-order valence-electron chi connectivity index (χ0n) is 22.8. The molecule has 1 aliphatic carbocycles. The Morgan fingerprint density at radius 1 is 1.03 bits per heavy atom. The van der Waals surface area contributed by atoms with Gasteiger partial charge >= 0.3 is 6.09 Å². The Balaban J connectivity index is 1.34. The summed E-state index contributed by atoms with van der Waals surface area (Å²) in [6, 6.07) is 12.6. The Morgan fingerprint density at radius 3 is 2.49 bits per heavy atom. The number of carbonyl (C=O) groups excluding carboxylic acids is 1. The molecule has 3 aliphatic heterocycles. The molecule has 1 N–H and O–H groups in total. The largest absolute Gasteiger partial charge is 0.493 e. The standard InChI is InChI=1S/C31H42N2O4/c1-5-15-35-24-8-10-25(27(18-24)36-16-6-2)22-7-9-26-23(17-22)19-31(3,4)29(26)32-30(34)37-28-20-33-13-11-21(28)12-14-33/h7-10,17-18,21,28-29H,5-6,11-16,19-20H2,1-4H3,(H,32,34)/t28-,29?/m1/s1. The number of amides is 1. The number of alkyl carbamates (subject to hydrolysis) is 1. The SMILES string of the molecule is CCCOc1ccc(-c2ccc3c(c2)CC(C)(C)C3NC(=O)O[C@@H]2CN3CCC2CC3)c(OCCC)c1. The highest BCUT2D eigenvalue weighted by atomic mass is 16.6. The van der Waals surface area contributed by atoms with Crippen LogP contribution in [0.5, 0.6) is 11.5 Å². The number of benzene rings is 2. The Bertz CT molecular complexity index is 1110. The number of nitrogens with one attached hydrogen (secondary N) is 1. The first kappa shape index (κ1) is 25.9. The topological polar surface area (TPSA) is 60.0 Å². The van der Waals surface area contributed by atoms with Crippen molar-refractivity contribution in [3.05, 3.63) is 47.5 Å². The monoisotopic (exact) mass is 506 g/mol. The van der Waals surface area contributed by atoms with Crippen LogP contribution in [0.25, 0.3) is 11.1 Å². The Hall–Kier alpha value is -2.73.